The third-order valence-electron chi connectivity index (χ3n) is 3.65. The maximum atomic E-state index is 11.4. The van der Waals surface area contributed by atoms with Gasteiger partial charge >= 0.3 is 0 Å². The Morgan fingerprint density at radius 3 is 2.38 bits per heavy atom. The van der Waals surface area contributed by atoms with E-state index in [1.165, 1.54) is 11.8 Å². The first-order chi connectivity index (χ1) is 9.84. The highest BCUT2D eigenvalue weighted by molar-refractivity contribution is 7.90. The van der Waals surface area contributed by atoms with Gasteiger partial charge in [-0.3, -0.25) is 4.68 Å². The Hall–Kier alpha value is -0.880. The molecular weight excluding hydrogens is 286 g/mol. The molecule has 1 aromatic heterocycles. The lowest BCUT2D eigenvalue weighted by atomic mass is 10.0. The lowest BCUT2D eigenvalue weighted by Gasteiger charge is -2.16. The molecule has 1 atom stereocenters. The quantitative estimate of drug-likeness (QED) is 0.758. The largest absolute Gasteiger partial charge is 0.310 e. The number of sulfone groups is 1. The van der Waals surface area contributed by atoms with Gasteiger partial charge in [-0.15, -0.1) is 0 Å². The van der Waals surface area contributed by atoms with Crippen molar-refractivity contribution in [1.82, 2.24) is 15.1 Å². The van der Waals surface area contributed by atoms with Gasteiger partial charge in [0.1, 0.15) is 9.84 Å². The van der Waals surface area contributed by atoms with Gasteiger partial charge in [0, 0.05) is 23.6 Å². The second-order valence-corrected chi connectivity index (χ2v) is 7.80. The van der Waals surface area contributed by atoms with Crippen LogP contribution in [0.3, 0.4) is 0 Å². The summed E-state index contributed by atoms with van der Waals surface area (Å²) in [5.41, 5.74) is 3.49. The number of aryl methyl sites for hydroxylation is 2. The standard InChI is InChI=1S/C15H29N3O2S/c1-6-9-16-12(4)15-13(7-2)17-18(14(15)8-3)10-11-21(5,19)20/h12,16H,6-11H2,1-5H3. The van der Waals surface area contributed by atoms with Crippen LogP contribution in [0.4, 0.5) is 0 Å². The molecule has 0 aromatic carbocycles. The van der Waals surface area contributed by atoms with E-state index in [1.54, 1.807) is 0 Å². The van der Waals surface area contributed by atoms with Crippen LogP contribution in [0.25, 0.3) is 0 Å². The van der Waals surface area contributed by atoms with Crippen LogP contribution in [-0.2, 0) is 29.2 Å². The normalized spacial score (nSPS) is 13.6. The predicted octanol–water partition coefficient (Wildman–Crippen LogP) is 2.11. The molecular formula is C15H29N3O2S. The second kappa shape index (κ2) is 7.94. The first kappa shape index (κ1) is 18.2. The highest BCUT2D eigenvalue weighted by Gasteiger charge is 2.20. The number of nitrogens with one attached hydrogen (secondary N) is 1. The fourth-order valence-corrected chi connectivity index (χ4v) is 3.10. The maximum absolute atomic E-state index is 11.4. The zero-order valence-electron chi connectivity index (χ0n) is 13.9. The summed E-state index contributed by atoms with van der Waals surface area (Å²) in [5, 5.41) is 8.16. The fraction of sp³-hybridized carbons (Fsp3) is 0.800. The van der Waals surface area contributed by atoms with Crippen molar-refractivity contribution in [2.75, 3.05) is 18.6 Å². The molecule has 122 valence electrons. The molecule has 0 aliphatic rings. The second-order valence-electron chi connectivity index (χ2n) is 5.54. The zero-order chi connectivity index (χ0) is 16.0. The molecule has 0 saturated heterocycles. The Balaban J connectivity index is 3.08. The lowest BCUT2D eigenvalue weighted by Crippen LogP contribution is -2.21. The van der Waals surface area contributed by atoms with Crippen LogP contribution in [0, 0.1) is 0 Å². The molecule has 1 unspecified atom stereocenters. The summed E-state index contributed by atoms with van der Waals surface area (Å²) >= 11 is 0. The minimum absolute atomic E-state index is 0.140. The van der Waals surface area contributed by atoms with Gasteiger partial charge < -0.3 is 5.32 Å². The van der Waals surface area contributed by atoms with Crippen molar-refractivity contribution >= 4 is 9.84 Å². The van der Waals surface area contributed by atoms with Crippen molar-refractivity contribution in [2.45, 2.75) is 59.5 Å². The van der Waals surface area contributed by atoms with Gasteiger partial charge in [-0.05, 0) is 32.7 Å². The molecule has 0 spiro atoms. The Morgan fingerprint density at radius 2 is 1.90 bits per heavy atom. The van der Waals surface area contributed by atoms with Crippen LogP contribution in [-0.4, -0.2) is 36.8 Å². The van der Waals surface area contributed by atoms with E-state index in [-0.39, 0.29) is 11.8 Å². The molecule has 6 heteroatoms. The molecule has 0 aliphatic heterocycles. The van der Waals surface area contributed by atoms with Crippen LogP contribution < -0.4 is 5.32 Å². The summed E-state index contributed by atoms with van der Waals surface area (Å²) in [7, 11) is -2.97. The number of nitrogens with zero attached hydrogens (tertiary/aromatic N) is 2. The molecule has 0 amide bonds. The number of hydrogen-bond acceptors (Lipinski definition) is 4. The topological polar surface area (TPSA) is 64.0 Å². The minimum atomic E-state index is -2.97. The number of rotatable bonds is 9. The summed E-state index contributed by atoms with van der Waals surface area (Å²) in [6.07, 6.45) is 4.10. The van der Waals surface area contributed by atoms with Crippen molar-refractivity contribution in [1.29, 1.82) is 0 Å². The molecule has 0 fully saturated rings. The maximum Gasteiger partial charge on any atom is 0.149 e. The van der Waals surface area contributed by atoms with Gasteiger partial charge in [-0.1, -0.05) is 20.8 Å². The molecule has 1 heterocycles. The molecule has 1 aromatic rings. The highest BCUT2D eigenvalue weighted by Crippen LogP contribution is 2.23. The molecule has 0 aliphatic carbocycles. The van der Waals surface area contributed by atoms with Crippen LogP contribution in [0.15, 0.2) is 0 Å². The fourth-order valence-electron chi connectivity index (χ4n) is 2.60. The summed E-state index contributed by atoms with van der Waals surface area (Å²) < 4.78 is 24.7. The van der Waals surface area contributed by atoms with Crippen LogP contribution in [0.5, 0.6) is 0 Å². The molecule has 1 rings (SSSR count). The van der Waals surface area contributed by atoms with E-state index in [0.717, 1.165) is 37.2 Å². The Morgan fingerprint density at radius 1 is 1.24 bits per heavy atom. The number of hydrogen-bond donors (Lipinski definition) is 1. The first-order valence-corrected chi connectivity index (χ1v) is 9.89. The Labute approximate surface area is 129 Å². The lowest BCUT2D eigenvalue weighted by molar-refractivity contribution is 0.557. The summed E-state index contributed by atoms with van der Waals surface area (Å²) in [5.74, 6) is 0.140. The van der Waals surface area contributed by atoms with Gasteiger partial charge in [0.25, 0.3) is 0 Å². The smallest absolute Gasteiger partial charge is 0.149 e. The van der Waals surface area contributed by atoms with E-state index >= 15 is 0 Å². The van der Waals surface area contributed by atoms with E-state index < -0.39 is 9.84 Å². The van der Waals surface area contributed by atoms with E-state index in [9.17, 15) is 8.42 Å². The highest BCUT2D eigenvalue weighted by atomic mass is 32.2. The third-order valence-corrected chi connectivity index (χ3v) is 4.58. The molecule has 0 radical (unpaired) electrons. The van der Waals surface area contributed by atoms with Gasteiger partial charge in [-0.2, -0.15) is 5.10 Å². The van der Waals surface area contributed by atoms with E-state index in [0.29, 0.717) is 6.54 Å². The van der Waals surface area contributed by atoms with Crippen LogP contribution in [0.2, 0.25) is 0 Å². The average molecular weight is 315 g/mol. The SMILES string of the molecule is CCCNC(C)c1c(CC)nn(CCS(C)(=O)=O)c1CC. The summed E-state index contributed by atoms with van der Waals surface area (Å²) in [6.45, 7) is 9.92. The predicted molar refractivity (Wildman–Crippen MR) is 87.4 cm³/mol. The monoisotopic (exact) mass is 315 g/mol. The van der Waals surface area contributed by atoms with Crippen molar-refractivity contribution < 1.29 is 8.42 Å². The average Bonchev–Trinajstić information content (AvgIpc) is 2.79. The van der Waals surface area contributed by atoms with Crippen molar-refractivity contribution in [3.63, 3.8) is 0 Å². The van der Waals surface area contributed by atoms with Gasteiger partial charge in [-0.25, -0.2) is 8.42 Å². The first-order valence-electron chi connectivity index (χ1n) is 7.83. The summed E-state index contributed by atoms with van der Waals surface area (Å²) in [6, 6.07) is 0.252. The minimum Gasteiger partial charge on any atom is -0.310 e. The molecule has 5 nitrogen and oxygen atoms in total. The molecule has 0 saturated carbocycles. The Kier molecular flexibility index (Phi) is 6.87. The van der Waals surface area contributed by atoms with E-state index in [4.69, 9.17) is 0 Å². The van der Waals surface area contributed by atoms with Crippen molar-refractivity contribution in [2.24, 2.45) is 0 Å². The Bertz CT molecular complexity index is 550. The van der Waals surface area contributed by atoms with Gasteiger partial charge in [0.15, 0.2) is 0 Å². The van der Waals surface area contributed by atoms with E-state index in [1.807, 2.05) is 4.68 Å². The summed E-state index contributed by atoms with van der Waals surface area (Å²) in [4.78, 5) is 0. The van der Waals surface area contributed by atoms with Crippen LogP contribution >= 0.6 is 0 Å². The zero-order valence-corrected chi connectivity index (χ0v) is 14.8. The molecule has 1 N–H and O–H groups in total. The van der Waals surface area contributed by atoms with Crippen molar-refractivity contribution in [3.8, 4) is 0 Å². The molecule has 21 heavy (non-hydrogen) atoms. The van der Waals surface area contributed by atoms with E-state index in [2.05, 4.69) is 38.1 Å². The van der Waals surface area contributed by atoms with Gasteiger partial charge in [0.05, 0.1) is 18.0 Å². The van der Waals surface area contributed by atoms with Crippen LogP contribution in [0.1, 0.15) is 57.1 Å². The molecule has 0 bridgehead atoms. The number of aromatic nitrogens is 2. The van der Waals surface area contributed by atoms with Gasteiger partial charge in [0.2, 0.25) is 0 Å². The third kappa shape index (κ3) is 5.11. The van der Waals surface area contributed by atoms with Crippen molar-refractivity contribution in [3.05, 3.63) is 17.0 Å².